The van der Waals surface area contributed by atoms with E-state index in [4.69, 9.17) is 34.8 Å². The first-order chi connectivity index (χ1) is 9.47. The second-order valence-corrected chi connectivity index (χ2v) is 6.22. The fourth-order valence-corrected chi connectivity index (χ4v) is 2.49. The van der Waals surface area contributed by atoms with Crippen LogP contribution in [0.3, 0.4) is 0 Å². The Morgan fingerprint density at radius 2 is 1.65 bits per heavy atom. The van der Waals surface area contributed by atoms with Gasteiger partial charge in [-0.1, -0.05) is 54.7 Å². The highest BCUT2D eigenvalue weighted by Gasteiger charge is 2.08. The predicted octanol–water partition coefficient (Wildman–Crippen LogP) is 5.81. The van der Waals surface area contributed by atoms with Gasteiger partial charge in [-0.15, -0.1) is 0 Å². The quantitative estimate of drug-likeness (QED) is 0.746. The molecule has 0 aromatic heterocycles. The Balaban J connectivity index is 2.37. The van der Waals surface area contributed by atoms with Crippen LogP contribution >= 0.6 is 34.8 Å². The Morgan fingerprint density at radius 1 is 0.950 bits per heavy atom. The van der Waals surface area contributed by atoms with Crippen molar-refractivity contribution in [1.82, 2.24) is 5.32 Å². The van der Waals surface area contributed by atoms with Crippen molar-refractivity contribution in [3.63, 3.8) is 0 Å². The normalized spacial score (nSPS) is 11.1. The van der Waals surface area contributed by atoms with Crippen LogP contribution in [-0.4, -0.2) is 6.04 Å². The molecule has 0 atom stereocenters. The summed E-state index contributed by atoms with van der Waals surface area (Å²) in [4.78, 5) is 0. The standard InChI is InChI=1S/C16H16Cl3N/c1-10(2)20-9-12-7-11(3-5-15(12)18)14-8-13(17)4-6-16(14)19/h3-8,10,20H,9H2,1-2H3. The van der Waals surface area contributed by atoms with Gasteiger partial charge in [0.2, 0.25) is 0 Å². The third kappa shape index (κ3) is 3.89. The van der Waals surface area contributed by atoms with Crippen LogP contribution in [0.5, 0.6) is 0 Å². The van der Waals surface area contributed by atoms with Crippen LogP contribution in [0.25, 0.3) is 11.1 Å². The van der Waals surface area contributed by atoms with E-state index in [1.807, 2.05) is 18.2 Å². The molecule has 0 saturated carbocycles. The molecule has 20 heavy (non-hydrogen) atoms. The van der Waals surface area contributed by atoms with Gasteiger partial charge in [0.1, 0.15) is 0 Å². The van der Waals surface area contributed by atoms with E-state index < -0.39 is 0 Å². The Morgan fingerprint density at radius 3 is 2.35 bits per heavy atom. The largest absolute Gasteiger partial charge is 0.310 e. The smallest absolute Gasteiger partial charge is 0.0485 e. The van der Waals surface area contributed by atoms with E-state index in [1.165, 1.54) is 0 Å². The van der Waals surface area contributed by atoms with Crippen molar-refractivity contribution >= 4 is 34.8 Å². The molecule has 0 radical (unpaired) electrons. The topological polar surface area (TPSA) is 12.0 Å². The first-order valence-electron chi connectivity index (χ1n) is 6.44. The highest BCUT2D eigenvalue weighted by Crippen LogP contribution is 2.32. The minimum absolute atomic E-state index is 0.407. The van der Waals surface area contributed by atoms with Crippen LogP contribution in [0.4, 0.5) is 0 Å². The van der Waals surface area contributed by atoms with Crippen LogP contribution in [0.15, 0.2) is 36.4 Å². The lowest BCUT2D eigenvalue weighted by Crippen LogP contribution is -2.21. The summed E-state index contributed by atoms with van der Waals surface area (Å²) in [5, 5.41) is 5.46. The summed E-state index contributed by atoms with van der Waals surface area (Å²) < 4.78 is 0. The monoisotopic (exact) mass is 327 g/mol. The first-order valence-corrected chi connectivity index (χ1v) is 7.58. The average Bonchev–Trinajstić information content (AvgIpc) is 2.40. The molecule has 0 aliphatic carbocycles. The summed E-state index contributed by atoms with van der Waals surface area (Å²) in [6.07, 6.45) is 0. The molecule has 0 amide bonds. The van der Waals surface area contributed by atoms with Crippen LogP contribution in [0.1, 0.15) is 19.4 Å². The summed E-state index contributed by atoms with van der Waals surface area (Å²) in [7, 11) is 0. The fourth-order valence-electron chi connectivity index (χ4n) is 1.91. The molecule has 2 aromatic carbocycles. The molecule has 2 aromatic rings. The maximum Gasteiger partial charge on any atom is 0.0485 e. The van der Waals surface area contributed by atoms with Gasteiger partial charge in [-0.25, -0.2) is 0 Å². The predicted molar refractivity (Wildman–Crippen MR) is 88.9 cm³/mol. The Kier molecular flexibility index (Phi) is 5.34. The van der Waals surface area contributed by atoms with E-state index in [-0.39, 0.29) is 0 Å². The molecule has 106 valence electrons. The average molecular weight is 329 g/mol. The van der Waals surface area contributed by atoms with Crippen LogP contribution in [-0.2, 0) is 6.54 Å². The molecule has 1 nitrogen and oxygen atoms in total. The van der Waals surface area contributed by atoms with Gasteiger partial charge in [-0.05, 0) is 41.5 Å². The van der Waals surface area contributed by atoms with E-state index in [2.05, 4.69) is 25.2 Å². The molecule has 4 heteroatoms. The summed E-state index contributed by atoms with van der Waals surface area (Å²) in [6, 6.07) is 11.8. The summed E-state index contributed by atoms with van der Waals surface area (Å²) in [6.45, 7) is 4.93. The third-order valence-electron chi connectivity index (χ3n) is 2.99. The zero-order chi connectivity index (χ0) is 14.7. The molecule has 0 spiro atoms. The molecule has 2 rings (SSSR count). The summed E-state index contributed by atoms with van der Waals surface area (Å²) in [5.41, 5.74) is 2.98. The highest BCUT2D eigenvalue weighted by atomic mass is 35.5. The lowest BCUT2D eigenvalue weighted by atomic mass is 10.0. The second kappa shape index (κ2) is 6.82. The molecule has 0 heterocycles. The second-order valence-electron chi connectivity index (χ2n) is 4.97. The van der Waals surface area contributed by atoms with Crippen LogP contribution < -0.4 is 5.32 Å². The molecular formula is C16H16Cl3N. The van der Waals surface area contributed by atoms with Crippen molar-refractivity contribution < 1.29 is 0 Å². The molecule has 0 bridgehead atoms. The molecule has 1 N–H and O–H groups in total. The van der Waals surface area contributed by atoms with Gasteiger partial charge in [0.05, 0.1) is 0 Å². The van der Waals surface area contributed by atoms with E-state index in [0.29, 0.717) is 16.1 Å². The van der Waals surface area contributed by atoms with Gasteiger partial charge >= 0.3 is 0 Å². The Bertz CT molecular complexity index is 609. The summed E-state index contributed by atoms with van der Waals surface area (Å²) >= 11 is 18.5. The highest BCUT2D eigenvalue weighted by molar-refractivity contribution is 6.35. The van der Waals surface area contributed by atoms with Gasteiger partial charge in [-0.2, -0.15) is 0 Å². The Labute approximate surface area is 134 Å². The molecule has 0 aliphatic heterocycles. The van der Waals surface area contributed by atoms with Gasteiger partial charge in [0.25, 0.3) is 0 Å². The van der Waals surface area contributed by atoms with Gasteiger partial charge in [0.15, 0.2) is 0 Å². The van der Waals surface area contributed by atoms with Gasteiger partial charge in [0, 0.05) is 33.2 Å². The van der Waals surface area contributed by atoms with E-state index in [9.17, 15) is 0 Å². The molecule has 0 saturated heterocycles. The maximum atomic E-state index is 6.24. The van der Waals surface area contributed by atoms with Crippen molar-refractivity contribution in [3.05, 3.63) is 57.0 Å². The number of halogens is 3. The van der Waals surface area contributed by atoms with Crippen molar-refractivity contribution in [2.24, 2.45) is 0 Å². The molecule has 0 aliphatic rings. The van der Waals surface area contributed by atoms with E-state index in [0.717, 1.165) is 28.3 Å². The minimum Gasteiger partial charge on any atom is -0.310 e. The lowest BCUT2D eigenvalue weighted by Gasteiger charge is -2.12. The first kappa shape index (κ1) is 15.7. The molecular weight excluding hydrogens is 313 g/mol. The number of rotatable bonds is 4. The zero-order valence-corrected chi connectivity index (χ0v) is 13.7. The van der Waals surface area contributed by atoms with Crippen LogP contribution in [0, 0.1) is 0 Å². The lowest BCUT2D eigenvalue weighted by molar-refractivity contribution is 0.589. The van der Waals surface area contributed by atoms with Crippen LogP contribution in [0.2, 0.25) is 15.1 Å². The number of benzene rings is 2. The van der Waals surface area contributed by atoms with Crippen molar-refractivity contribution in [2.45, 2.75) is 26.4 Å². The minimum atomic E-state index is 0.407. The zero-order valence-electron chi connectivity index (χ0n) is 11.4. The number of hydrogen-bond donors (Lipinski definition) is 1. The Hall–Kier alpha value is -0.730. The molecule has 0 unspecified atom stereocenters. The SMILES string of the molecule is CC(C)NCc1cc(-c2cc(Cl)ccc2Cl)ccc1Cl. The van der Waals surface area contributed by atoms with Crippen molar-refractivity contribution in [2.75, 3.05) is 0 Å². The van der Waals surface area contributed by atoms with Gasteiger partial charge in [-0.3, -0.25) is 0 Å². The summed E-state index contributed by atoms with van der Waals surface area (Å²) in [5.74, 6) is 0. The number of nitrogens with one attached hydrogen (secondary N) is 1. The maximum absolute atomic E-state index is 6.24. The molecule has 0 fully saturated rings. The van der Waals surface area contributed by atoms with E-state index >= 15 is 0 Å². The fraction of sp³-hybridized carbons (Fsp3) is 0.250. The third-order valence-corrected chi connectivity index (χ3v) is 3.92. The van der Waals surface area contributed by atoms with E-state index in [1.54, 1.807) is 12.1 Å². The van der Waals surface area contributed by atoms with Crippen molar-refractivity contribution in [3.8, 4) is 11.1 Å². The van der Waals surface area contributed by atoms with Gasteiger partial charge < -0.3 is 5.32 Å². The van der Waals surface area contributed by atoms with Crippen molar-refractivity contribution in [1.29, 1.82) is 0 Å². The number of hydrogen-bond acceptors (Lipinski definition) is 1.